The van der Waals surface area contributed by atoms with Crippen LogP contribution in [-0.4, -0.2) is 23.8 Å². The summed E-state index contributed by atoms with van der Waals surface area (Å²) in [5, 5.41) is 0. The molecule has 1 saturated carbocycles. The maximum Gasteiger partial charge on any atom is 0.137 e. The van der Waals surface area contributed by atoms with Crippen molar-refractivity contribution in [1.29, 1.82) is 0 Å². The molecule has 0 N–H and O–H groups in total. The molecule has 18 heavy (non-hydrogen) atoms. The number of piperidine rings is 1. The standard InChI is InChI=1S/C16H23NO/c1-11-8-12-10-14(18)13-4-2-6-17-7-3-5-16(12,13)15(17)9-11/h9,11-13H,2-8,10H2,1H3/t11?,12-,13+,16?/m0/s1. The Bertz CT molecular complexity index is 427. The Balaban J connectivity index is 1.90. The number of rotatable bonds is 0. The molecule has 2 heteroatoms. The predicted molar refractivity (Wildman–Crippen MR) is 70.9 cm³/mol. The van der Waals surface area contributed by atoms with Crippen molar-refractivity contribution in [2.75, 3.05) is 13.1 Å². The lowest BCUT2D eigenvalue weighted by atomic mass is 9.59. The minimum atomic E-state index is 0.276. The van der Waals surface area contributed by atoms with Crippen molar-refractivity contribution in [3.8, 4) is 0 Å². The van der Waals surface area contributed by atoms with Crippen LogP contribution in [0, 0.1) is 23.2 Å². The number of Topliss-reactive ketones (excluding diaryl/α,β-unsaturated/α-hetero) is 1. The van der Waals surface area contributed by atoms with E-state index in [0.29, 0.717) is 23.5 Å². The topological polar surface area (TPSA) is 20.3 Å². The molecule has 98 valence electrons. The van der Waals surface area contributed by atoms with Crippen molar-refractivity contribution in [3.05, 3.63) is 11.8 Å². The summed E-state index contributed by atoms with van der Waals surface area (Å²) in [7, 11) is 0. The molecule has 2 bridgehead atoms. The van der Waals surface area contributed by atoms with Crippen LogP contribution in [0.15, 0.2) is 11.8 Å². The van der Waals surface area contributed by atoms with Gasteiger partial charge in [-0.05, 0) is 43.9 Å². The van der Waals surface area contributed by atoms with E-state index in [1.54, 1.807) is 5.70 Å². The van der Waals surface area contributed by atoms with Crippen molar-refractivity contribution >= 4 is 5.78 Å². The molecule has 0 aromatic carbocycles. The van der Waals surface area contributed by atoms with Gasteiger partial charge in [0.2, 0.25) is 0 Å². The van der Waals surface area contributed by atoms with Crippen LogP contribution in [0.2, 0.25) is 0 Å². The first-order valence-electron chi connectivity index (χ1n) is 7.72. The monoisotopic (exact) mass is 245 g/mol. The second kappa shape index (κ2) is 3.61. The number of carbonyl (C=O) groups is 1. The molecule has 4 aliphatic rings. The highest BCUT2D eigenvalue weighted by Gasteiger charge is 2.60. The molecular formula is C16H23NO. The first-order chi connectivity index (χ1) is 8.72. The zero-order valence-corrected chi connectivity index (χ0v) is 11.3. The molecule has 2 heterocycles. The lowest BCUT2D eigenvalue weighted by Gasteiger charge is -2.51. The Hall–Kier alpha value is -0.790. The third-order valence-corrected chi connectivity index (χ3v) is 6.04. The second-order valence-corrected chi connectivity index (χ2v) is 6.96. The van der Waals surface area contributed by atoms with Gasteiger partial charge in [0.1, 0.15) is 5.78 Å². The quantitative estimate of drug-likeness (QED) is 0.654. The Morgan fingerprint density at radius 3 is 3.06 bits per heavy atom. The Kier molecular flexibility index (Phi) is 2.22. The highest BCUT2D eigenvalue weighted by atomic mass is 16.1. The number of allylic oxidation sites excluding steroid dienone is 2. The fraction of sp³-hybridized carbons (Fsp3) is 0.812. The molecule has 1 spiro atoms. The summed E-state index contributed by atoms with van der Waals surface area (Å²) in [5.41, 5.74) is 1.86. The summed E-state index contributed by atoms with van der Waals surface area (Å²) in [6.45, 7) is 4.75. The summed E-state index contributed by atoms with van der Waals surface area (Å²) < 4.78 is 0. The average Bonchev–Trinajstić information content (AvgIpc) is 2.55. The number of hydrogen-bond donors (Lipinski definition) is 0. The molecular weight excluding hydrogens is 222 g/mol. The second-order valence-electron chi connectivity index (χ2n) is 6.96. The van der Waals surface area contributed by atoms with Gasteiger partial charge in [-0.25, -0.2) is 0 Å². The van der Waals surface area contributed by atoms with E-state index in [0.717, 1.165) is 12.8 Å². The molecule has 3 fully saturated rings. The summed E-state index contributed by atoms with van der Waals surface area (Å²) in [6, 6.07) is 0. The van der Waals surface area contributed by atoms with Crippen LogP contribution in [0.1, 0.15) is 45.4 Å². The van der Waals surface area contributed by atoms with E-state index in [2.05, 4.69) is 17.9 Å². The SMILES string of the molecule is CC1C=C2N3CCC[C@@H]4C(=O)C[C@H](C1)C24CCC3. The van der Waals surface area contributed by atoms with Gasteiger partial charge in [0.25, 0.3) is 0 Å². The highest BCUT2D eigenvalue weighted by molar-refractivity contribution is 5.86. The van der Waals surface area contributed by atoms with Crippen LogP contribution >= 0.6 is 0 Å². The normalized spacial score (nSPS) is 46.5. The molecule has 4 atom stereocenters. The van der Waals surface area contributed by atoms with Crippen LogP contribution in [0.3, 0.4) is 0 Å². The smallest absolute Gasteiger partial charge is 0.137 e. The lowest BCUT2D eigenvalue weighted by Crippen LogP contribution is -2.47. The van der Waals surface area contributed by atoms with Gasteiger partial charge in [-0.15, -0.1) is 0 Å². The zero-order valence-electron chi connectivity index (χ0n) is 11.3. The number of nitrogens with zero attached hydrogens (tertiary/aromatic N) is 1. The summed E-state index contributed by atoms with van der Waals surface area (Å²) in [5.74, 6) is 2.28. The Morgan fingerprint density at radius 1 is 1.33 bits per heavy atom. The van der Waals surface area contributed by atoms with Gasteiger partial charge < -0.3 is 4.90 Å². The molecule has 2 aliphatic carbocycles. The predicted octanol–water partition coefficient (Wildman–Crippen LogP) is 2.99. The van der Waals surface area contributed by atoms with Gasteiger partial charge in [0, 0.05) is 36.5 Å². The van der Waals surface area contributed by atoms with Crippen LogP contribution in [0.25, 0.3) is 0 Å². The highest BCUT2D eigenvalue weighted by Crippen LogP contribution is 2.62. The Morgan fingerprint density at radius 2 is 2.17 bits per heavy atom. The molecule has 0 amide bonds. The van der Waals surface area contributed by atoms with Gasteiger partial charge in [-0.1, -0.05) is 13.0 Å². The van der Waals surface area contributed by atoms with Gasteiger partial charge in [0.15, 0.2) is 0 Å². The summed E-state index contributed by atoms with van der Waals surface area (Å²) in [4.78, 5) is 15.1. The third kappa shape index (κ3) is 1.22. The molecule has 0 aromatic rings. The van der Waals surface area contributed by atoms with E-state index in [9.17, 15) is 4.79 Å². The van der Waals surface area contributed by atoms with Crippen LogP contribution in [-0.2, 0) is 4.79 Å². The molecule has 2 saturated heterocycles. The molecule has 2 aliphatic heterocycles. The largest absolute Gasteiger partial charge is 0.375 e. The van der Waals surface area contributed by atoms with E-state index in [1.165, 1.54) is 38.8 Å². The van der Waals surface area contributed by atoms with E-state index in [1.807, 2.05) is 0 Å². The molecule has 2 unspecified atom stereocenters. The first kappa shape index (κ1) is 11.1. The molecule has 0 radical (unpaired) electrons. The van der Waals surface area contributed by atoms with E-state index >= 15 is 0 Å². The van der Waals surface area contributed by atoms with E-state index < -0.39 is 0 Å². The zero-order chi connectivity index (χ0) is 12.3. The van der Waals surface area contributed by atoms with Crippen molar-refractivity contribution in [2.45, 2.75) is 45.4 Å². The van der Waals surface area contributed by atoms with Gasteiger partial charge in [0.05, 0.1) is 0 Å². The maximum atomic E-state index is 12.5. The van der Waals surface area contributed by atoms with Crippen LogP contribution < -0.4 is 0 Å². The minimum absolute atomic E-state index is 0.276. The van der Waals surface area contributed by atoms with E-state index in [-0.39, 0.29) is 5.41 Å². The van der Waals surface area contributed by atoms with Crippen molar-refractivity contribution in [1.82, 2.24) is 4.90 Å². The van der Waals surface area contributed by atoms with Crippen molar-refractivity contribution < 1.29 is 4.79 Å². The van der Waals surface area contributed by atoms with Gasteiger partial charge in [-0.2, -0.15) is 0 Å². The van der Waals surface area contributed by atoms with Gasteiger partial charge in [-0.3, -0.25) is 4.79 Å². The maximum absolute atomic E-state index is 12.5. The minimum Gasteiger partial charge on any atom is -0.375 e. The fourth-order valence-electron chi connectivity index (χ4n) is 5.49. The summed E-state index contributed by atoms with van der Waals surface area (Å²) >= 11 is 0. The number of hydrogen-bond acceptors (Lipinski definition) is 2. The number of carbonyl (C=O) groups excluding carboxylic acids is 1. The first-order valence-corrected chi connectivity index (χ1v) is 7.72. The average molecular weight is 245 g/mol. The van der Waals surface area contributed by atoms with Crippen LogP contribution in [0.4, 0.5) is 0 Å². The third-order valence-electron chi connectivity index (χ3n) is 6.04. The van der Waals surface area contributed by atoms with Crippen molar-refractivity contribution in [2.24, 2.45) is 23.2 Å². The van der Waals surface area contributed by atoms with Gasteiger partial charge >= 0.3 is 0 Å². The molecule has 2 nitrogen and oxygen atoms in total. The molecule has 0 aromatic heterocycles. The Labute approximate surface area is 109 Å². The fourth-order valence-corrected chi connectivity index (χ4v) is 5.49. The lowest BCUT2D eigenvalue weighted by molar-refractivity contribution is -0.122. The molecule has 4 rings (SSSR count). The van der Waals surface area contributed by atoms with Crippen molar-refractivity contribution in [3.63, 3.8) is 0 Å². The van der Waals surface area contributed by atoms with E-state index in [4.69, 9.17) is 0 Å². The van der Waals surface area contributed by atoms with Crippen LogP contribution in [0.5, 0.6) is 0 Å². The summed E-state index contributed by atoms with van der Waals surface area (Å²) in [6.07, 6.45) is 9.59. The number of ketones is 1.